The zero-order valence-electron chi connectivity index (χ0n) is 12.5. The number of rotatable bonds is 3. The minimum atomic E-state index is -3.32. The Morgan fingerprint density at radius 2 is 1.91 bits per heavy atom. The molecule has 2 N–H and O–H groups in total. The van der Waals surface area contributed by atoms with Gasteiger partial charge in [0.25, 0.3) is 0 Å². The van der Waals surface area contributed by atoms with Crippen LogP contribution in [-0.2, 0) is 16.4 Å². The second kappa shape index (κ2) is 6.56. The Morgan fingerprint density at radius 1 is 1.23 bits per heavy atom. The SMILES string of the molecule is CS(=O)(=O)Nc1ccc2c(c1)C(=O)C(C1CCNCC1)C2.Cl. The van der Waals surface area contributed by atoms with Crippen LogP contribution in [0, 0.1) is 11.8 Å². The number of ketones is 1. The molecular formula is C15H21ClN2O3S. The van der Waals surface area contributed by atoms with Crippen LogP contribution in [0.15, 0.2) is 18.2 Å². The Hall–Kier alpha value is -1.11. The summed E-state index contributed by atoms with van der Waals surface area (Å²) in [6, 6.07) is 5.29. The Morgan fingerprint density at radius 3 is 2.55 bits per heavy atom. The third-order valence-corrected chi connectivity index (χ3v) is 5.01. The number of anilines is 1. The molecule has 5 nitrogen and oxygen atoms in total. The molecule has 3 rings (SSSR count). The van der Waals surface area contributed by atoms with E-state index in [9.17, 15) is 13.2 Å². The maximum Gasteiger partial charge on any atom is 0.229 e. The summed E-state index contributed by atoms with van der Waals surface area (Å²) < 4.78 is 25.0. The van der Waals surface area contributed by atoms with Gasteiger partial charge in [0, 0.05) is 17.2 Å². The first-order valence-electron chi connectivity index (χ1n) is 7.30. The highest BCUT2D eigenvalue weighted by Crippen LogP contribution is 2.36. The third kappa shape index (κ3) is 3.62. The van der Waals surface area contributed by atoms with Gasteiger partial charge in [0.1, 0.15) is 0 Å². The number of hydrogen-bond acceptors (Lipinski definition) is 4. The van der Waals surface area contributed by atoms with Gasteiger partial charge < -0.3 is 5.32 Å². The van der Waals surface area contributed by atoms with Gasteiger partial charge in [-0.3, -0.25) is 9.52 Å². The zero-order chi connectivity index (χ0) is 15.0. The lowest BCUT2D eigenvalue weighted by Gasteiger charge is -2.26. The van der Waals surface area contributed by atoms with E-state index < -0.39 is 10.0 Å². The van der Waals surface area contributed by atoms with E-state index in [1.54, 1.807) is 12.1 Å². The number of hydrogen-bond donors (Lipinski definition) is 2. The Bertz CT molecular complexity index is 669. The molecule has 1 aliphatic heterocycles. The Labute approximate surface area is 137 Å². The molecule has 22 heavy (non-hydrogen) atoms. The molecule has 0 saturated carbocycles. The molecule has 2 aliphatic rings. The van der Waals surface area contributed by atoms with E-state index >= 15 is 0 Å². The summed E-state index contributed by atoms with van der Waals surface area (Å²) in [5.41, 5.74) is 2.20. The van der Waals surface area contributed by atoms with Gasteiger partial charge in [0.15, 0.2) is 5.78 Å². The molecule has 1 aromatic rings. The van der Waals surface area contributed by atoms with Crippen molar-refractivity contribution in [3.05, 3.63) is 29.3 Å². The normalized spacial score (nSPS) is 22.0. The second-order valence-corrected chi connectivity index (χ2v) is 7.76. The van der Waals surface area contributed by atoms with E-state index in [0.717, 1.165) is 44.2 Å². The number of halogens is 1. The Kier molecular flexibility index (Phi) is 5.14. The van der Waals surface area contributed by atoms with Crippen LogP contribution < -0.4 is 10.0 Å². The van der Waals surface area contributed by atoms with Crippen molar-refractivity contribution in [2.45, 2.75) is 19.3 Å². The average molecular weight is 345 g/mol. The van der Waals surface area contributed by atoms with Gasteiger partial charge in [-0.15, -0.1) is 12.4 Å². The van der Waals surface area contributed by atoms with Gasteiger partial charge in [0.2, 0.25) is 10.0 Å². The second-order valence-electron chi connectivity index (χ2n) is 6.01. The monoisotopic (exact) mass is 344 g/mol. The van der Waals surface area contributed by atoms with Crippen LogP contribution in [0.2, 0.25) is 0 Å². The van der Waals surface area contributed by atoms with E-state index in [1.807, 2.05) is 6.07 Å². The van der Waals surface area contributed by atoms with Crippen molar-refractivity contribution in [2.24, 2.45) is 11.8 Å². The van der Waals surface area contributed by atoms with Crippen molar-refractivity contribution in [1.29, 1.82) is 0 Å². The summed E-state index contributed by atoms with van der Waals surface area (Å²) in [5.74, 6) is 0.683. The lowest BCUT2D eigenvalue weighted by molar-refractivity contribution is 0.0874. The van der Waals surface area contributed by atoms with Crippen LogP contribution >= 0.6 is 12.4 Å². The first-order chi connectivity index (χ1) is 9.94. The van der Waals surface area contributed by atoms with Crippen molar-refractivity contribution in [1.82, 2.24) is 5.32 Å². The predicted molar refractivity (Wildman–Crippen MR) is 89.3 cm³/mol. The zero-order valence-corrected chi connectivity index (χ0v) is 14.1. The van der Waals surface area contributed by atoms with Crippen molar-refractivity contribution >= 4 is 33.9 Å². The van der Waals surface area contributed by atoms with E-state index in [2.05, 4.69) is 10.0 Å². The lowest BCUT2D eigenvalue weighted by Crippen LogP contribution is -2.33. The molecule has 0 spiro atoms. The highest BCUT2D eigenvalue weighted by atomic mass is 35.5. The molecule has 7 heteroatoms. The predicted octanol–water partition coefficient (Wildman–Crippen LogP) is 1.83. The maximum absolute atomic E-state index is 12.6. The van der Waals surface area contributed by atoms with Gasteiger partial charge in [-0.1, -0.05) is 6.07 Å². The van der Waals surface area contributed by atoms with Crippen molar-refractivity contribution in [3.8, 4) is 0 Å². The number of nitrogens with one attached hydrogen (secondary N) is 2. The van der Waals surface area contributed by atoms with E-state index in [-0.39, 0.29) is 24.1 Å². The molecule has 0 radical (unpaired) electrons. The van der Waals surface area contributed by atoms with Crippen LogP contribution in [0.5, 0.6) is 0 Å². The van der Waals surface area contributed by atoms with Crippen molar-refractivity contribution < 1.29 is 13.2 Å². The molecule has 1 heterocycles. The number of fused-ring (bicyclic) bond motifs is 1. The fourth-order valence-corrected chi connectivity index (χ4v) is 3.97. The van der Waals surface area contributed by atoms with Gasteiger partial charge in [-0.2, -0.15) is 0 Å². The smallest absolute Gasteiger partial charge is 0.229 e. The summed E-state index contributed by atoms with van der Waals surface area (Å²) in [7, 11) is -3.32. The Balaban J connectivity index is 0.00000176. The summed E-state index contributed by atoms with van der Waals surface area (Å²) in [5, 5.41) is 3.32. The van der Waals surface area contributed by atoms with E-state index in [4.69, 9.17) is 0 Å². The largest absolute Gasteiger partial charge is 0.317 e. The molecule has 0 aromatic heterocycles. The number of carbonyl (C=O) groups is 1. The van der Waals surface area contributed by atoms with Gasteiger partial charge in [0.05, 0.1) is 6.26 Å². The average Bonchev–Trinajstić information content (AvgIpc) is 2.75. The molecule has 1 unspecified atom stereocenters. The highest BCUT2D eigenvalue weighted by molar-refractivity contribution is 7.92. The quantitative estimate of drug-likeness (QED) is 0.877. The van der Waals surface area contributed by atoms with Gasteiger partial charge in [-0.05, 0) is 56.0 Å². The van der Waals surface area contributed by atoms with Crippen LogP contribution in [0.4, 0.5) is 5.69 Å². The minimum Gasteiger partial charge on any atom is -0.317 e. The van der Waals surface area contributed by atoms with Crippen LogP contribution in [0.3, 0.4) is 0 Å². The number of sulfonamides is 1. The van der Waals surface area contributed by atoms with E-state index in [1.165, 1.54) is 0 Å². The van der Waals surface area contributed by atoms with Crippen LogP contribution in [-0.4, -0.2) is 33.5 Å². The molecule has 1 aliphatic carbocycles. The summed E-state index contributed by atoms with van der Waals surface area (Å²) in [6.45, 7) is 1.96. The molecule has 0 bridgehead atoms. The molecule has 122 valence electrons. The van der Waals surface area contributed by atoms with Crippen molar-refractivity contribution in [3.63, 3.8) is 0 Å². The highest BCUT2D eigenvalue weighted by Gasteiger charge is 2.36. The number of carbonyl (C=O) groups excluding carboxylic acids is 1. The van der Waals surface area contributed by atoms with Crippen molar-refractivity contribution in [2.75, 3.05) is 24.1 Å². The molecule has 1 saturated heterocycles. The van der Waals surface area contributed by atoms with Crippen LogP contribution in [0.25, 0.3) is 0 Å². The molecule has 1 fully saturated rings. The first kappa shape index (κ1) is 17.2. The lowest BCUT2D eigenvalue weighted by atomic mass is 9.82. The summed E-state index contributed by atoms with van der Waals surface area (Å²) >= 11 is 0. The third-order valence-electron chi connectivity index (χ3n) is 4.41. The van der Waals surface area contributed by atoms with E-state index in [0.29, 0.717) is 17.2 Å². The number of benzene rings is 1. The minimum absolute atomic E-state index is 0. The van der Waals surface area contributed by atoms with Gasteiger partial charge >= 0.3 is 0 Å². The van der Waals surface area contributed by atoms with Crippen LogP contribution in [0.1, 0.15) is 28.8 Å². The number of Topliss-reactive ketones (excluding diaryl/α,β-unsaturated/α-hetero) is 1. The number of piperidine rings is 1. The fraction of sp³-hybridized carbons (Fsp3) is 0.533. The fourth-order valence-electron chi connectivity index (χ4n) is 3.42. The molecule has 0 amide bonds. The van der Waals surface area contributed by atoms with Gasteiger partial charge in [-0.25, -0.2) is 8.42 Å². The summed E-state index contributed by atoms with van der Waals surface area (Å²) in [4.78, 5) is 12.6. The summed E-state index contributed by atoms with van der Waals surface area (Å²) in [6.07, 6.45) is 3.98. The first-order valence-corrected chi connectivity index (χ1v) is 9.19. The maximum atomic E-state index is 12.6. The topological polar surface area (TPSA) is 75.3 Å². The molecule has 1 atom stereocenters. The molecule has 1 aromatic carbocycles. The standard InChI is InChI=1S/C15H20N2O3S.ClH/c1-21(19,20)17-12-3-2-11-8-13(15(18)14(11)9-12)10-4-6-16-7-5-10;/h2-3,9-10,13,16-17H,4-8H2,1H3;1H. The molecular weight excluding hydrogens is 324 g/mol.